The van der Waals surface area contributed by atoms with E-state index in [1.807, 2.05) is 0 Å². The second kappa shape index (κ2) is 35.8. The topological polar surface area (TPSA) is 363 Å². The molecule has 3 aliphatic rings. The van der Waals surface area contributed by atoms with Crippen molar-refractivity contribution in [2.75, 3.05) is 33.5 Å². The lowest BCUT2D eigenvalue weighted by Gasteiger charge is -2.49. The van der Waals surface area contributed by atoms with Gasteiger partial charge in [0.25, 0.3) is 0 Å². The molecule has 0 bridgehead atoms. The van der Waals surface area contributed by atoms with Crippen molar-refractivity contribution in [3.8, 4) is 11.5 Å². The van der Waals surface area contributed by atoms with Gasteiger partial charge in [-0.05, 0) is 37.1 Å². The van der Waals surface area contributed by atoms with E-state index in [-0.39, 0.29) is 30.5 Å². The fourth-order valence-corrected chi connectivity index (χ4v) is 10.8. The van der Waals surface area contributed by atoms with Gasteiger partial charge in [-0.3, -0.25) is 52.5 Å². The minimum absolute atomic E-state index is 0.00863. The third kappa shape index (κ3) is 23.9. The first kappa shape index (κ1) is 72.4. The molecule has 2 aromatic rings. The number of carbonyl (C=O) groups excluding carboxylic acids is 10. The summed E-state index contributed by atoms with van der Waals surface area (Å²) in [6, 6.07) is 15.4. The first-order valence-corrected chi connectivity index (χ1v) is 29.9. The van der Waals surface area contributed by atoms with E-state index in [0.717, 1.165) is 81.6 Å². The predicted octanol–water partition coefficient (Wildman–Crippen LogP) is 4.78. The summed E-state index contributed by atoms with van der Waals surface area (Å²) in [6.07, 6.45) is -22.9. The Balaban J connectivity index is 1.65. The molecule has 30 nitrogen and oxygen atoms in total. The van der Waals surface area contributed by atoms with Gasteiger partial charge in [0, 0.05) is 75.3 Å². The van der Waals surface area contributed by atoms with Crippen molar-refractivity contribution in [2.45, 2.75) is 199 Å². The van der Waals surface area contributed by atoms with Gasteiger partial charge in [-0.15, -0.1) is 0 Å². The van der Waals surface area contributed by atoms with E-state index in [2.05, 4.69) is 0 Å². The number of carbonyl (C=O) groups is 10. The highest BCUT2D eigenvalue weighted by molar-refractivity contribution is 7.49. The molecule has 0 N–H and O–H groups in total. The second-order valence-corrected chi connectivity index (χ2v) is 21.8. The van der Waals surface area contributed by atoms with Crippen LogP contribution >= 0.6 is 7.82 Å². The quantitative estimate of drug-likeness (QED) is 0.0411. The Kier molecular flexibility index (Phi) is 29.1. The van der Waals surface area contributed by atoms with Crippen LogP contribution in [0.5, 0.6) is 11.5 Å². The van der Waals surface area contributed by atoms with Crippen LogP contribution in [-0.2, 0) is 133 Å². The molecule has 89 heavy (non-hydrogen) atoms. The number of phosphoric acid groups is 1. The largest absolute Gasteiger partial charge is 0.587 e. The van der Waals surface area contributed by atoms with Crippen LogP contribution in [0.2, 0.25) is 0 Å². The van der Waals surface area contributed by atoms with Gasteiger partial charge in [0.15, 0.2) is 73.8 Å². The van der Waals surface area contributed by atoms with Gasteiger partial charge >= 0.3 is 67.5 Å². The van der Waals surface area contributed by atoms with Gasteiger partial charge in [0.05, 0.1) is 20.3 Å². The van der Waals surface area contributed by atoms with Gasteiger partial charge in [-0.25, -0.2) is 4.57 Å². The normalized spacial score (nSPS) is 26.6. The molecule has 3 aliphatic heterocycles. The molecule has 0 unspecified atom stereocenters. The van der Waals surface area contributed by atoms with Crippen molar-refractivity contribution in [2.24, 2.45) is 0 Å². The van der Waals surface area contributed by atoms with E-state index in [4.69, 9.17) is 89.4 Å². The van der Waals surface area contributed by atoms with Crippen molar-refractivity contribution in [1.29, 1.82) is 0 Å². The molecular weight excluding hydrogens is 1210 g/mol. The molecule has 0 saturated carbocycles. The van der Waals surface area contributed by atoms with E-state index in [9.17, 15) is 52.5 Å². The molecule has 0 aliphatic carbocycles. The lowest BCUT2D eigenvalue weighted by molar-refractivity contribution is -0.373. The maximum atomic E-state index is 14.8. The minimum Gasteiger partial charge on any atom is -0.469 e. The van der Waals surface area contributed by atoms with Crippen LogP contribution in [0.3, 0.4) is 0 Å². The molecule has 3 fully saturated rings. The van der Waals surface area contributed by atoms with Crippen LogP contribution in [0.25, 0.3) is 0 Å². The Bertz CT molecular complexity index is 2680. The van der Waals surface area contributed by atoms with Crippen LogP contribution in [-0.4, -0.2) is 185 Å². The maximum absolute atomic E-state index is 14.8. The molecule has 0 radical (unpaired) electrons. The average molecular weight is 1290 g/mol. The zero-order valence-electron chi connectivity index (χ0n) is 50.9. The van der Waals surface area contributed by atoms with Gasteiger partial charge in [0.2, 0.25) is 0 Å². The fourth-order valence-electron chi connectivity index (χ4n) is 9.55. The van der Waals surface area contributed by atoms with Gasteiger partial charge in [-0.1, -0.05) is 62.1 Å². The highest BCUT2D eigenvalue weighted by atomic mass is 31.2. The van der Waals surface area contributed by atoms with Gasteiger partial charge in [-0.2, -0.15) is 0 Å². The van der Waals surface area contributed by atoms with E-state index in [1.165, 1.54) is 31.4 Å². The Morgan fingerprint density at radius 3 is 1.19 bits per heavy atom. The van der Waals surface area contributed by atoms with Crippen LogP contribution in [0.1, 0.15) is 107 Å². The summed E-state index contributed by atoms with van der Waals surface area (Å²) in [6.45, 7) is 6.51. The van der Waals surface area contributed by atoms with Crippen molar-refractivity contribution in [3.05, 3.63) is 60.7 Å². The summed E-state index contributed by atoms with van der Waals surface area (Å²) in [5, 5.41) is 0. The third-order valence-corrected chi connectivity index (χ3v) is 14.3. The fraction of sp³-hybridized carbons (Fsp3) is 0.621. The Labute approximate surface area is 513 Å². The number of hydrogen-bond donors (Lipinski definition) is 0. The number of hydrogen-bond acceptors (Lipinski definition) is 30. The zero-order chi connectivity index (χ0) is 65.4. The summed E-state index contributed by atoms with van der Waals surface area (Å²) in [5.74, 6) is -9.04. The molecule has 2 aromatic carbocycles. The molecule has 0 amide bonds. The minimum atomic E-state index is -4.86. The van der Waals surface area contributed by atoms with E-state index < -0.39 is 173 Å². The van der Waals surface area contributed by atoms with E-state index in [1.54, 1.807) is 36.4 Å². The first-order chi connectivity index (χ1) is 42.3. The van der Waals surface area contributed by atoms with Crippen LogP contribution < -0.4 is 9.05 Å². The van der Waals surface area contributed by atoms with Crippen LogP contribution in [0.4, 0.5) is 0 Å². The van der Waals surface area contributed by atoms with Crippen LogP contribution in [0.15, 0.2) is 60.7 Å². The van der Waals surface area contributed by atoms with Gasteiger partial charge < -0.3 is 84.8 Å². The predicted molar refractivity (Wildman–Crippen MR) is 296 cm³/mol. The molecule has 5 rings (SSSR count). The Morgan fingerprint density at radius 2 is 0.753 bits per heavy atom. The highest BCUT2D eigenvalue weighted by Crippen LogP contribution is 2.50. The summed E-state index contributed by atoms with van der Waals surface area (Å²) in [5.41, 5.74) is 0. The first-order valence-electron chi connectivity index (χ1n) is 28.4. The number of benzene rings is 2. The zero-order valence-corrected chi connectivity index (χ0v) is 51.8. The number of rotatable bonds is 32. The van der Waals surface area contributed by atoms with E-state index >= 15 is 0 Å². The van der Waals surface area contributed by atoms with Crippen molar-refractivity contribution in [1.82, 2.24) is 0 Å². The number of unbranched alkanes of at least 4 members (excludes halogenated alkanes) is 5. The Hall–Kier alpha value is -7.31. The summed E-state index contributed by atoms with van der Waals surface area (Å²) in [4.78, 5) is 128. The molecule has 15 atom stereocenters. The molecule has 3 saturated heterocycles. The number of ether oxygens (including phenoxy) is 16. The molecule has 0 spiro atoms. The molecule has 31 heteroatoms. The number of para-hydroxylation sites is 2. The molecular formula is C58H77O30P. The Morgan fingerprint density at radius 1 is 0.393 bits per heavy atom. The number of esters is 10. The van der Waals surface area contributed by atoms with Crippen molar-refractivity contribution in [3.63, 3.8) is 0 Å². The summed E-state index contributed by atoms with van der Waals surface area (Å²) < 4.78 is 127. The summed E-state index contributed by atoms with van der Waals surface area (Å²) in [7, 11) is -3.55. The average Bonchev–Trinajstić information content (AvgIpc) is 1.50. The highest BCUT2D eigenvalue weighted by Gasteiger charge is 2.59. The molecule has 494 valence electrons. The van der Waals surface area contributed by atoms with Crippen molar-refractivity contribution >= 4 is 67.5 Å². The SMILES string of the molecule is COC(=O)CCCCCCCCO[C@@H]1O[C@H](CO[C@H]2O[C@@H](COP(=O)(Oc3ccccc3)Oc3ccccc3)[C@@H](OC(C)=O)[C@@H](OC(C)=O)[C@@H]2O[C@H]2O[C@@H](COC(C)=O)[C@H](OC(C)=O)[C@H](OC(C)=O)[C@H]2OC(C)=O)[C@@H](OC(C)=O)[C@H](OC(C)=O)[C@H]1OC(C)=O. The maximum Gasteiger partial charge on any atom is 0.587 e. The lowest BCUT2D eigenvalue weighted by atomic mass is 9.96. The number of phosphoric ester groups is 1. The lowest BCUT2D eigenvalue weighted by Crippen LogP contribution is -2.67. The summed E-state index contributed by atoms with van der Waals surface area (Å²) >= 11 is 0. The van der Waals surface area contributed by atoms with Crippen LogP contribution in [0, 0.1) is 0 Å². The second-order valence-electron chi connectivity index (χ2n) is 20.3. The third-order valence-electron chi connectivity index (χ3n) is 13.0. The standard InChI is InChI=1S/C58H77O30P/c1-32(59)72-29-43-47(75-33(2)60)52(80-38(7)65)55(82-40(9)67)58(85-43)86-54-51(79-37(6)64)49(77-35(4)62)45(31-74-89(69,87-41-23-17-15-18-24-41)88-42-25-19-16-20-26-42)84-57(54)73-30-44-48(76-34(3)61)50(78-36(5)63)53(81-39(8)66)56(83-44)71-28-22-14-12-11-13-21-27-46(68)70-10/h15-20,23-26,43-45,47-58H,11-14,21-22,27-31H2,1-10H3/t43-,44+,45-,47-,48+,49+,50-,51+,52-,53+,54-,55+,56+,57-,58+/m0/s1. The van der Waals surface area contributed by atoms with E-state index in [0.29, 0.717) is 19.3 Å². The molecule has 3 heterocycles. The van der Waals surface area contributed by atoms with Gasteiger partial charge in [0.1, 0.15) is 36.4 Å². The molecule has 0 aromatic heterocycles. The smallest absolute Gasteiger partial charge is 0.469 e. The monoisotopic (exact) mass is 1280 g/mol. The number of methoxy groups -OCH3 is 1. The van der Waals surface area contributed by atoms with Crippen molar-refractivity contribution < 1.29 is 142 Å².